The minimum Gasteiger partial charge on any atom is -0.205 e. The van der Waals surface area contributed by atoms with Crippen LogP contribution in [0.15, 0.2) is 54.6 Å². The maximum atomic E-state index is 14.6. The Bertz CT molecular complexity index is 899. The number of hydrogen-bond acceptors (Lipinski definition) is 0. The van der Waals surface area contributed by atoms with Gasteiger partial charge in [0.25, 0.3) is 0 Å². The molecule has 3 rings (SSSR count). The molecule has 23 heavy (non-hydrogen) atoms. The molecular weight excluding hydrogens is 307 g/mol. The second-order valence-electron chi connectivity index (χ2n) is 5.49. The van der Waals surface area contributed by atoms with Gasteiger partial charge >= 0.3 is 0 Å². The minimum atomic E-state index is -0.257. The highest BCUT2D eigenvalue weighted by atomic mass is 35.5. The van der Waals surface area contributed by atoms with Crippen LogP contribution in [0.2, 0.25) is 5.02 Å². The Balaban J connectivity index is 1.98. The lowest BCUT2D eigenvalue weighted by Gasteiger charge is -2.05. The Morgan fingerprint density at radius 3 is 2.48 bits per heavy atom. The predicted octanol–water partition coefficient (Wildman–Crippen LogP) is 5.98. The van der Waals surface area contributed by atoms with Crippen LogP contribution in [0.4, 0.5) is 4.39 Å². The molecule has 0 saturated carbocycles. The van der Waals surface area contributed by atoms with Gasteiger partial charge in [0.15, 0.2) is 0 Å². The van der Waals surface area contributed by atoms with Crippen molar-refractivity contribution in [1.29, 1.82) is 0 Å². The van der Waals surface area contributed by atoms with Crippen molar-refractivity contribution in [2.45, 2.75) is 19.8 Å². The zero-order chi connectivity index (χ0) is 16.2. The van der Waals surface area contributed by atoms with Gasteiger partial charge in [-0.25, -0.2) is 4.39 Å². The zero-order valence-electron chi connectivity index (χ0n) is 12.9. The summed E-state index contributed by atoms with van der Waals surface area (Å²) in [5.74, 6) is 5.63. The SMILES string of the molecule is CCCc1ccc2c(F)c(C#Cc3ccc(Cl)cc3)ccc2c1. The van der Waals surface area contributed by atoms with Gasteiger partial charge in [0.05, 0.1) is 5.56 Å². The van der Waals surface area contributed by atoms with Crippen LogP contribution in [0.25, 0.3) is 10.8 Å². The summed E-state index contributed by atoms with van der Waals surface area (Å²) in [5, 5.41) is 2.20. The highest BCUT2D eigenvalue weighted by molar-refractivity contribution is 6.30. The molecule has 0 aliphatic carbocycles. The molecule has 0 fully saturated rings. The number of rotatable bonds is 2. The molecule has 0 saturated heterocycles. The second kappa shape index (κ2) is 6.86. The smallest absolute Gasteiger partial charge is 0.146 e. The quantitative estimate of drug-likeness (QED) is 0.509. The molecule has 2 heteroatoms. The van der Waals surface area contributed by atoms with Gasteiger partial charge in [0, 0.05) is 16.0 Å². The highest BCUT2D eigenvalue weighted by Crippen LogP contribution is 2.22. The Labute approximate surface area is 140 Å². The van der Waals surface area contributed by atoms with E-state index in [0.717, 1.165) is 23.8 Å². The molecule has 0 N–H and O–H groups in total. The topological polar surface area (TPSA) is 0 Å². The van der Waals surface area contributed by atoms with Crippen LogP contribution in [0.5, 0.6) is 0 Å². The fourth-order valence-corrected chi connectivity index (χ4v) is 2.68. The first-order chi connectivity index (χ1) is 11.2. The Morgan fingerprint density at radius 1 is 0.957 bits per heavy atom. The van der Waals surface area contributed by atoms with Crippen LogP contribution in [0.1, 0.15) is 30.0 Å². The standard InChI is InChI=1S/C21H16ClF/c1-2-3-16-7-13-20-18(14-16)10-9-17(21(20)23)8-4-15-5-11-19(22)12-6-15/h5-7,9-14H,2-3H2,1H3. The van der Waals surface area contributed by atoms with E-state index in [0.29, 0.717) is 16.0 Å². The van der Waals surface area contributed by atoms with Crippen molar-refractivity contribution < 1.29 is 4.39 Å². The molecule has 0 atom stereocenters. The number of aryl methyl sites for hydroxylation is 1. The first-order valence-corrected chi connectivity index (χ1v) is 8.04. The summed E-state index contributed by atoms with van der Waals surface area (Å²) in [5.41, 5.74) is 2.46. The van der Waals surface area contributed by atoms with Crippen molar-refractivity contribution in [3.63, 3.8) is 0 Å². The highest BCUT2D eigenvalue weighted by Gasteiger charge is 2.06. The molecular formula is C21H16ClF. The Kier molecular flexibility index (Phi) is 4.65. The van der Waals surface area contributed by atoms with Gasteiger partial charge in [-0.2, -0.15) is 0 Å². The van der Waals surface area contributed by atoms with Crippen LogP contribution in [0, 0.1) is 17.7 Å². The van der Waals surface area contributed by atoms with Crippen molar-refractivity contribution >= 4 is 22.4 Å². The average Bonchev–Trinajstić information content (AvgIpc) is 2.56. The van der Waals surface area contributed by atoms with Crippen LogP contribution < -0.4 is 0 Å². The van der Waals surface area contributed by atoms with Gasteiger partial charge in [-0.1, -0.05) is 61.1 Å². The molecule has 3 aromatic carbocycles. The number of halogens is 2. The summed E-state index contributed by atoms with van der Waals surface area (Å²) in [7, 11) is 0. The summed E-state index contributed by atoms with van der Waals surface area (Å²) in [4.78, 5) is 0. The summed E-state index contributed by atoms with van der Waals surface area (Å²) < 4.78 is 14.6. The third-order valence-electron chi connectivity index (χ3n) is 3.74. The predicted molar refractivity (Wildman–Crippen MR) is 95.3 cm³/mol. The zero-order valence-corrected chi connectivity index (χ0v) is 13.6. The fraction of sp³-hybridized carbons (Fsp3) is 0.143. The van der Waals surface area contributed by atoms with Crippen LogP contribution in [-0.4, -0.2) is 0 Å². The van der Waals surface area contributed by atoms with Gasteiger partial charge < -0.3 is 0 Å². The van der Waals surface area contributed by atoms with E-state index < -0.39 is 0 Å². The summed E-state index contributed by atoms with van der Waals surface area (Å²) in [6, 6.07) is 16.8. The van der Waals surface area contributed by atoms with Crippen LogP contribution in [-0.2, 0) is 6.42 Å². The molecule has 0 radical (unpaired) electrons. The average molecular weight is 323 g/mol. The molecule has 114 valence electrons. The van der Waals surface area contributed by atoms with Gasteiger partial charge in [0.1, 0.15) is 5.82 Å². The second-order valence-corrected chi connectivity index (χ2v) is 5.93. The number of hydrogen-bond donors (Lipinski definition) is 0. The normalized spacial score (nSPS) is 10.4. The molecule has 0 aliphatic rings. The van der Waals surface area contributed by atoms with Gasteiger partial charge in [0.2, 0.25) is 0 Å². The van der Waals surface area contributed by atoms with E-state index in [-0.39, 0.29) is 5.82 Å². The third-order valence-corrected chi connectivity index (χ3v) is 3.99. The first-order valence-electron chi connectivity index (χ1n) is 7.66. The maximum Gasteiger partial charge on any atom is 0.146 e. The molecule has 0 aliphatic heterocycles. The Hall–Kier alpha value is -2.30. The van der Waals surface area contributed by atoms with Crippen molar-refractivity contribution in [3.8, 4) is 11.8 Å². The van der Waals surface area contributed by atoms with Crippen molar-refractivity contribution in [1.82, 2.24) is 0 Å². The van der Waals surface area contributed by atoms with Gasteiger partial charge in [-0.05, 0) is 47.7 Å². The maximum absolute atomic E-state index is 14.6. The van der Waals surface area contributed by atoms with E-state index in [9.17, 15) is 4.39 Å². The molecule has 0 aromatic heterocycles. The molecule has 3 aromatic rings. The van der Waals surface area contributed by atoms with E-state index in [2.05, 4.69) is 24.8 Å². The Morgan fingerprint density at radius 2 is 1.74 bits per heavy atom. The molecule has 0 unspecified atom stereocenters. The number of fused-ring (bicyclic) bond motifs is 1. The molecule has 0 spiro atoms. The van der Waals surface area contributed by atoms with E-state index in [1.165, 1.54) is 5.56 Å². The van der Waals surface area contributed by atoms with Crippen LogP contribution in [0.3, 0.4) is 0 Å². The monoisotopic (exact) mass is 322 g/mol. The molecule has 0 amide bonds. The molecule has 0 heterocycles. The summed E-state index contributed by atoms with van der Waals surface area (Å²) in [6.45, 7) is 2.14. The molecule has 0 nitrogen and oxygen atoms in total. The lowest BCUT2D eigenvalue weighted by molar-refractivity contribution is 0.636. The van der Waals surface area contributed by atoms with E-state index in [1.807, 2.05) is 30.3 Å². The summed E-state index contributed by atoms with van der Waals surface area (Å²) in [6.07, 6.45) is 2.09. The van der Waals surface area contributed by atoms with Gasteiger partial charge in [-0.3, -0.25) is 0 Å². The van der Waals surface area contributed by atoms with Crippen LogP contribution >= 0.6 is 11.6 Å². The van der Waals surface area contributed by atoms with Gasteiger partial charge in [-0.15, -0.1) is 0 Å². The lowest BCUT2D eigenvalue weighted by atomic mass is 10.0. The third kappa shape index (κ3) is 3.55. The van der Waals surface area contributed by atoms with E-state index in [4.69, 9.17) is 11.6 Å². The van der Waals surface area contributed by atoms with Crippen molar-refractivity contribution in [2.75, 3.05) is 0 Å². The number of benzene rings is 3. The largest absolute Gasteiger partial charge is 0.205 e. The summed E-state index contributed by atoms with van der Waals surface area (Å²) >= 11 is 5.85. The van der Waals surface area contributed by atoms with Crippen molar-refractivity contribution in [3.05, 3.63) is 82.1 Å². The van der Waals surface area contributed by atoms with E-state index >= 15 is 0 Å². The molecule has 0 bridgehead atoms. The minimum absolute atomic E-state index is 0.257. The lowest BCUT2D eigenvalue weighted by Crippen LogP contribution is -1.89. The first kappa shape index (κ1) is 15.6. The fourth-order valence-electron chi connectivity index (χ4n) is 2.55. The van der Waals surface area contributed by atoms with E-state index in [1.54, 1.807) is 18.2 Å². The van der Waals surface area contributed by atoms with Crippen molar-refractivity contribution in [2.24, 2.45) is 0 Å².